The number of rotatable bonds is 8. The number of carbonyl (C=O) groups excluding carboxylic acids is 1. The van der Waals surface area contributed by atoms with Gasteiger partial charge in [-0.25, -0.2) is 0 Å². The van der Waals surface area contributed by atoms with Crippen molar-refractivity contribution in [3.8, 4) is 0 Å². The van der Waals surface area contributed by atoms with Crippen molar-refractivity contribution in [2.75, 3.05) is 6.61 Å². The average molecular weight is 262 g/mol. The van der Waals surface area contributed by atoms with Crippen molar-refractivity contribution in [3.05, 3.63) is 41.7 Å². The Labute approximate surface area is 117 Å². The van der Waals surface area contributed by atoms with Gasteiger partial charge in [-0.2, -0.15) is 0 Å². The molecule has 2 heteroatoms. The minimum absolute atomic E-state index is 0.149. The number of esters is 1. The van der Waals surface area contributed by atoms with Gasteiger partial charge in [-0.05, 0) is 51.2 Å². The van der Waals surface area contributed by atoms with E-state index in [0.717, 1.165) is 12.8 Å². The lowest BCUT2D eigenvalue weighted by atomic mass is 10.1. The van der Waals surface area contributed by atoms with E-state index in [9.17, 15) is 4.79 Å². The zero-order valence-corrected chi connectivity index (χ0v) is 12.7. The van der Waals surface area contributed by atoms with E-state index < -0.39 is 0 Å². The van der Waals surface area contributed by atoms with Gasteiger partial charge >= 0.3 is 5.97 Å². The molecule has 0 aromatic heterocycles. The van der Waals surface area contributed by atoms with E-state index in [4.69, 9.17) is 4.74 Å². The van der Waals surface area contributed by atoms with Crippen molar-refractivity contribution in [1.82, 2.24) is 0 Å². The maximum atomic E-state index is 11.4. The molecule has 19 heavy (non-hydrogen) atoms. The van der Waals surface area contributed by atoms with Gasteiger partial charge in [0, 0.05) is 0 Å². The standard InChI is InChI=1S/C17H26O2/c1-6-12-19-17(18)13-16(5)11-10-15(4)9-7-8-14(2)3/h6,8,11,16H,1,7,9,12-13H2,2-5H3. The van der Waals surface area contributed by atoms with Crippen molar-refractivity contribution in [2.24, 2.45) is 5.92 Å². The van der Waals surface area contributed by atoms with E-state index in [2.05, 4.69) is 39.2 Å². The predicted molar refractivity (Wildman–Crippen MR) is 80.9 cm³/mol. The Hall–Kier alpha value is -1.53. The molecule has 0 rings (SSSR count). The molecule has 0 fully saturated rings. The minimum Gasteiger partial charge on any atom is -0.461 e. The Bertz CT molecular complexity index is 378. The topological polar surface area (TPSA) is 26.3 Å². The van der Waals surface area contributed by atoms with Gasteiger partial charge in [0.2, 0.25) is 0 Å². The van der Waals surface area contributed by atoms with Crippen LogP contribution in [-0.4, -0.2) is 12.6 Å². The third-order valence-corrected chi connectivity index (χ3v) is 2.54. The molecule has 0 aliphatic carbocycles. The molecule has 0 N–H and O–H groups in total. The Balaban J connectivity index is 4.16. The minimum atomic E-state index is -0.187. The summed E-state index contributed by atoms with van der Waals surface area (Å²) in [5.74, 6) is -0.0386. The lowest BCUT2D eigenvalue weighted by Gasteiger charge is -2.04. The monoisotopic (exact) mass is 262 g/mol. The number of ether oxygens (including phenoxy) is 1. The highest BCUT2D eigenvalue weighted by atomic mass is 16.5. The molecule has 0 amide bonds. The highest BCUT2D eigenvalue weighted by Gasteiger charge is 2.06. The summed E-state index contributed by atoms with van der Waals surface area (Å²) >= 11 is 0. The highest BCUT2D eigenvalue weighted by Crippen LogP contribution is 2.08. The van der Waals surface area contributed by atoms with Crippen molar-refractivity contribution >= 4 is 5.97 Å². The van der Waals surface area contributed by atoms with Crippen LogP contribution in [0.25, 0.3) is 0 Å². The maximum Gasteiger partial charge on any atom is 0.306 e. The van der Waals surface area contributed by atoms with E-state index in [0.29, 0.717) is 6.42 Å². The van der Waals surface area contributed by atoms with E-state index >= 15 is 0 Å². The van der Waals surface area contributed by atoms with E-state index in [1.807, 2.05) is 13.0 Å². The molecule has 0 heterocycles. The van der Waals surface area contributed by atoms with Gasteiger partial charge < -0.3 is 4.74 Å². The molecular weight excluding hydrogens is 236 g/mol. The van der Waals surface area contributed by atoms with Gasteiger partial charge in [-0.15, -0.1) is 5.73 Å². The summed E-state index contributed by atoms with van der Waals surface area (Å²) < 4.78 is 4.94. The van der Waals surface area contributed by atoms with Crippen LogP contribution in [0.5, 0.6) is 0 Å². The van der Waals surface area contributed by atoms with Gasteiger partial charge in [0.15, 0.2) is 0 Å². The van der Waals surface area contributed by atoms with Crippen LogP contribution < -0.4 is 0 Å². The van der Waals surface area contributed by atoms with Crippen LogP contribution >= 0.6 is 0 Å². The van der Waals surface area contributed by atoms with Crippen molar-refractivity contribution in [1.29, 1.82) is 0 Å². The third kappa shape index (κ3) is 11.3. The average Bonchev–Trinajstić information content (AvgIpc) is 2.33. The lowest BCUT2D eigenvalue weighted by molar-refractivity contribution is -0.143. The first-order valence-electron chi connectivity index (χ1n) is 6.78. The molecule has 0 aromatic carbocycles. The number of hydrogen-bond acceptors (Lipinski definition) is 2. The zero-order chi connectivity index (χ0) is 14.7. The van der Waals surface area contributed by atoms with E-state index in [-0.39, 0.29) is 18.5 Å². The lowest BCUT2D eigenvalue weighted by Crippen LogP contribution is -2.07. The Morgan fingerprint density at radius 1 is 1.37 bits per heavy atom. The number of carbonyl (C=O) groups is 1. The molecule has 2 nitrogen and oxygen atoms in total. The second-order valence-electron chi connectivity index (χ2n) is 5.06. The first kappa shape index (κ1) is 17.5. The molecule has 0 saturated carbocycles. The van der Waals surface area contributed by atoms with Crippen molar-refractivity contribution in [2.45, 2.75) is 47.0 Å². The summed E-state index contributed by atoms with van der Waals surface area (Å²) in [5.41, 5.74) is 5.81. The first-order valence-corrected chi connectivity index (χ1v) is 6.78. The summed E-state index contributed by atoms with van der Waals surface area (Å²) in [5, 5.41) is 0. The maximum absolute atomic E-state index is 11.4. The molecular formula is C17H26O2. The van der Waals surface area contributed by atoms with Gasteiger partial charge in [-0.1, -0.05) is 31.2 Å². The largest absolute Gasteiger partial charge is 0.461 e. The smallest absolute Gasteiger partial charge is 0.306 e. The van der Waals surface area contributed by atoms with Crippen LogP contribution in [0.15, 0.2) is 41.7 Å². The zero-order valence-electron chi connectivity index (χ0n) is 12.7. The fraction of sp³-hybridized carbons (Fsp3) is 0.529. The quantitative estimate of drug-likeness (QED) is 0.363. The van der Waals surface area contributed by atoms with Crippen molar-refractivity contribution < 1.29 is 9.53 Å². The summed E-state index contributed by atoms with van der Waals surface area (Å²) in [6, 6.07) is 0. The van der Waals surface area contributed by atoms with E-state index in [1.165, 1.54) is 11.1 Å². The molecule has 0 aliphatic heterocycles. The van der Waals surface area contributed by atoms with Crippen LogP contribution in [-0.2, 0) is 9.53 Å². The Kier molecular flexibility index (Phi) is 9.56. The molecule has 1 unspecified atom stereocenters. The normalized spacial score (nSPS) is 10.9. The second kappa shape index (κ2) is 10.4. The molecule has 0 bridgehead atoms. The van der Waals surface area contributed by atoms with E-state index in [1.54, 1.807) is 6.08 Å². The molecule has 0 radical (unpaired) electrons. The van der Waals surface area contributed by atoms with Crippen LogP contribution in [0.1, 0.15) is 47.0 Å². The van der Waals surface area contributed by atoms with Gasteiger partial charge in [0.1, 0.15) is 6.61 Å². The van der Waals surface area contributed by atoms with Crippen molar-refractivity contribution in [3.63, 3.8) is 0 Å². The summed E-state index contributed by atoms with van der Waals surface area (Å²) in [6.07, 6.45) is 8.20. The highest BCUT2D eigenvalue weighted by molar-refractivity contribution is 5.69. The number of hydrogen-bond donors (Lipinski definition) is 0. The first-order chi connectivity index (χ1) is 8.95. The summed E-state index contributed by atoms with van der Waals surface area (Å²) in [6.45, 7) is 12.1. The van der Waals surface area contributed by atoms with Crippen LogP contribution in [0, 0.1) is 5.92 Å². The Morgan fingerprint density at radius 3 is 2.63 bits per heavy atom. The molecule has 0 aliphatic rings. The molecule has 106 valence electrons. The SMILES string of the molecule is C=CCOC(=O)CC(C)C=C=C(C)CCC=C(C)C. The second-order valence-corrected chi connectivity index (χ2v) is 5.06. The van der Waals surface area contributed by atoms with Gasteiger partial charge in [0.25, 0.3) is 0 Å². The molecule has 0 aromatic rings. The molecule has 0 spiro atoms. The third-order valence-electron chi connectivity index (χ3n) is 2.54. The predicted octanol–water partition coefficient (Wildman–Crippen LogP) is 4.59. The van der Waals surface area contributed by atoms with Gasteiger partial charge in [-0.3, -0.25) is 4.79 Å². The molecule has 1 atom stereocenters. The van der Waals surface area contributed by atoms with Gasteiger partial charge in [0.05, 0.1) is 6.42 Å². The van der Waals surface area contributed by atoms with Crippen LogP contribution in [0.3, 0.4) is 0 Å². The van der Waals surface area contributed by atoms with Crippen LogP contribution in [0.2, 0.25) is 0 Å². The Morgan fingerprint density at radius 2 is 2.05 bits per heavy atom. The number of allylic oxidation sites excluding steroid dienone is 3. The summed E-state index contributed by atoms with van der Waals surface area (Å²) in [7, 11) is 0. The fourth-order valence-electron chi connectivity index (χ4n) is 1.47. The fourth-order valence-corrected chi connectivity index (χ4v) is 1.47. The van der Waals surface area contributed by atoms with Crippen LogP contribution in [0.4, 0.5) is 0 Å². The molecule has 0 saturated heterocycles. The summed E-state index contributed by atoms with van der Waals surface area (Å²) in [4.78, 5) is 11.4.